The summed E-state index contributed by atoms with van der Waals surface area (Å²) in [6.45, 7) is 11.7. The maximum atomic E-state index is 13.0. The molecule has 0 rings (SSSR count). The number of hydrogen-bond acceptors (Lipinski definition) is 15. The molecule has 510 valence electrons. The number of unbranched alkanes of at least 4 members (excludes halogenated alkanes) is 33. The molecule has 0 aromatic heterocycles. The lowest BCUT2D eigenvalue weighted by atomic mass is 10.0. The predicted octanol–water partition coefficient (Wildman–Crippen LogP) is 18.7. The Morgan fingerprint density at radius 1 is 0.314 bits per heavy atom. The second-order valence-corrected chi connectivity index (χ2v) is 28.5. The van der Waals surface area contributed by atoms with Gasteiger partial charge in [-0.05, 0) is 43.4 Å². The fourth-order valence-electron chi connectivity index (χ4n) is 10.0. The summed E-state index contributed by atoms with van der Waals surface area (Å²) in [7, 11) is -9.89. The molecular formula is C67H130O17P2. The Balaban J connectivity index is 5.26. The molecule has 0 aromatic rings. The quantitative estimate of drug-likeness (QED) is 0.0222. The van der Waals surface area contributed by atoms with Crippen molar-refractivity contribution >= 4 is 39.5 Å². The average molecular weight is 1270 g/mol. The third kappa shape index (κ3) is 60.9. The molecule has 0 aliphatic rings. The fraction of sp³-hybridized carbons (Fsp3) is 0.940. The number of rotatable bonds is 65. The van der Waals surface area contributed by atoms with Gasteiger partial charge in [0.15, 0.2) is 12.2 Å². The molecule has 3 N–H and O–H groups in total. The predicted molar refractivity (Wildman–Crippen MR) is 344 cm³/mol. The lowest BCUT2D eigenvalue weighted by Gasteiger charge is -2.21. The smallest absolute Gasteiger partial charge is 0.462 e. The van der Waals surface area contributed by atoms with Crippen molar-refractivity contribution in [1.82, 2.24) is 0 Å². The van der Waals surface area contributed by atoms with E-state index in [9.17, 15) is 43.2 Å². The van der Waals surface area contributed by atoms with Crippen molar-refractivity contribution in [3.05, 3.63) is 0 Å². The lowest BCUT2D eigenvalue weighted by Crippen LogP contribution is -2.30. The van der Waals surface area contributed by atoms with Crippen molar-refractivity contribution in [3.8, 4) is 0 Å². The van der Waals surface area contributed by atoms with E-state index < -0.39 is 97.5 Å². The van der Waals surface area contributed by atoms with Gasteiger partial charge in [-0.15, -0.1) is 0 Å². The maximum Gasteiger partial charge on any atom is 0.472 e. The molecular weight excluding hydrogens is 1140 g/mol. The highest BCUT2D eigenvalue weighted by molar-refractivity contribution is 7.47. The number of ether oxygens (including phenoxy) is 4. The minimum Gasteiger partial charge on any atom is -0.462 e. The van der Waals surface area contributed by atoms with Crippen molar-refractivity contribution in [3.63, 3.8) is 0 Å². The monoisotopic (exact) mass is 1270 g/mol. The molecule has 0 bridgehead atoms. The Kier molecular flexibility index (Phi) is 56.9. The molecule has 0 aliphatic heterocycles. The normalized spacial score (nSPS) is 14.3. The molecule has 0 saturated carbocycles. The Morgan fingerprint density at radius 2 is 0.535 bits per heavy atom. The summed E-state index contributed by atoms with van der Waals surface area (Å²) in [6, 6.07) is 0. The van der Waals surface area contributed by atoms with Crippen LogP contribution in [0.15, 0.2) is 0 Å². The summed E-state index contributed by atoms with van der Waals surface area (Å²) in [5.74, 6) is 0.0819. The number of aliphatic hydroxyl groups is 1. The van der Waals surface area contributed by atoms with Crippen molar-refractivity contribution in [2.75, 3.05) is 39.6 Å². The van der Waals surface area contributed by atoms with Crippen LogP contribution in [0.3, 0.4) is 0 Å². The lowest BCUT2D eigenvalue weighted by molar-refractivity contribution is -0.161. The second kappa shape index (κ2) is 58.2. The molecule has 0 aliphatic carbocycles. The number of phosphoric acid groups is 2. The molecule has 0 heterocycles. The van der Waals surface area contributed by atoms with E-state index in [1.807, 2.05) is 0 Å². The van der Waals surface area contributed by atoms with Crippen LogP contribution < -0.4 is 0 Å². The van der Waals surface area contributed by atoms with Crippen LogP contribution in [0.25, 0.3) is 0 Å². The first-order valence-corrected chi connectivity index (χ1v) is 37.8. The van der Waals surface area contributed by atoms with Crippen molar-refractivity contribution in [2.45, 2.75) is 349 Å². The molecule has 5 atom stereocenters. The molecule has 2 unspecified atom stereocenters. The van der Waals surface area contributed by atoms with E-state index in [4.69, 9.17) is 37.0 Å². The first-order chi connectivity index (χ1) is 41.2. The van der Waals surface area contributed by atoms with E-state index in [1.54, 1.807) is 0 Å². The standard InChI is InChI=1S/C67H130O17P2/c1-8-9-10-11-12-13-19-27-34-41-48-64(69)77-55-63(84-67(72)51-44-37-30-23-22-26-33-40-47-60(6)7)57-82-86(75,76)80-53-61(68)52-79-85(73,74)81-56-62(54-78-65(70)49-42-35-28-21-16-18-25-32-39-46-59(4)5)83-66(71)50-43-36-29-20-15-14-17-24-31-38-45-58(2)3/h58-63,68H,8-57H2,1-7H3,(H,73,74)(H,75,76)/t61-,62-,63-/m1/s1. The molecule has 0 saturated heterocycles. The summed E-state index contributed by atoms with van der Waals surface area (Å²) >= 11 is 0. The zero-order chi connectivity index (χ0) is 63.8. The summed E-state index contributed by atoms with van der Waals surface area (Å²) in [5.41, 5.74) is 0. The number of aliphatic hydroxyl groups excluding tert-OH is 1. The molecule has 0 radical (unpaired) electrons. The third-order valence-electron chi connectivity index (χ3n) is 15.4. The first-order valence-electron chi connectivity index (χ1n) is 34.8. The van der Waals surface area contributed by atoms with Gasteiger partial charge in [0.2, 0.25) is 0 Å². The number of carbonyl (C=O) groups is 4. The summed E-state index contributed by atoms with van der Waals surface area (Å²) < 4.78 is 68.1. The van der Waals surface area contributed by atoms with E-state index in [0.717, 1.165) is 108 Å². The fourth-order valence-corrected chi connectivity index (χ4v) is 11.6. The van der Waals surface area contributed by atoms with Gasteiger partial charge >= 0.3 is 39.5 Å². The largest absolute Gasteiger partial charge is 0.472 e. The molecule has 0 spiro atoms. The van der Waals surface area contributed by atoms with E-state index in [2.05, 4.69) is 48.5 Å². The van der Waals surface area contributed by atoms with Crippen molar-refractivity contribution < 1.29 is 80.2 Å². The van der Waals surface area contributed by atoms with E-state index in [0.29, 0.717) is 25.7 Å². The van der Waals surface area contributed by atoms with Crippen LogP contribution in [-0.4, -0.2) is 96.7 Å². The van der Waals surface area contributed by atoms with Crippen LogP contribution in [0, 0.1) is 17.8 Å². The highest BCUT2D eigenvalue weighted by Gasteiger charge is 2.30. The molecule has 86 heavy (non-hydrogen) atoms. The minimum absolute atomic E-state index is 0.104. The maximum absolute atomic E-state index is 13.0. The Morgan fingerprint density at radius 3 is 0.791 bits per heavy atom. The summed E-state index contributed by atoms with van der Waals surface area (Å²) in [4.78, 5) is 72.4. The van der Waals surface area contributed by atoms with Gasteiger partial charge in [0.25, 0.3) is 0 Å². The van der Waals surface area contributed by atoms with Gasteiger partial charge < -0.3 is 33.8 Å². The van der Waals surface area contributed by atoms with Crippen LogP contribution in [0.1, 0.15) is 331 Å². The van der Waals surface area contributed by atoms with Gasteiger partial charge in [-0.3, -0.25) is 37.3 Å². The number of carbonyl (C=O) groups excluding carboxylic acids is 4. The Hall–Kier alpha value is -1.94. The highest BCUT2D eigenvalue weighted by atomic mass is 31.2. The van der Waals surface area contributed by atoms with Gasteiger partial charge in [-0.1, -0.05) is 280 Å². The Bertz CT molecular complexity index is 1700. The first kappa shape index (κ1) is 84.1. The van der Waals surface area contributed by atoms with Crippen LogP contribution in [-0.2, 0) is 65.4 Å². The van der Waals surface area contributed by atoms with E-state index in [-0.39, 0.29) is 25.7 Å². The number of phosphoric ester groups is 2. The van der Waals surface area contributed by atoms with Crippen LogP contribution in [0.2, 0.25) is 0 Å². The van der Waals surface area contributed by atoms with Gasteiger partial charge in [-0.25, -0.2) is 9.13 Å². The summed E-state index contributed by atoms with van der Waals surface area (Å²) in [6.07, 6.45) is 40.3. The summed E-state index contributed by atoms with van der Waals surface area (Å²) in [5, 5.41) is 10.6. The minimum atomic E-state index is -4.95. The van der Waals surface area contributed by atoms with Crippen LogP contribution >= 0.6 is 15.6 Å². The number of hydrogen-bond donors (Lipinski definition) is 3. The molecule has 0 amide bonds. The molecule has 19 heteroatoms. The second-order valence-electron chi connectivity index (χ2n) is 25.6. The van der Waals surface area contributed by atoms with Crippen molar-refractivity contribution in [2.24, 2.45) is 17.8 Å². The zero-order valence-corrected chi connectivity index (χ0v) is 57.6. The highest BCUT2D eigenvalue weighted by Crippen LogP contribution is 2.45. The van der Waals surface area contributed by atoms with Gasteiger partial charge in [0.1, 0.15) is 19.3 Å². The van der Waals surface area contributed by atoms with Crippen LogP contribution in [0.4, 0.5) is 0 Å². The Labute approximate surface area is 524 Å². The molecule has 17 nitrogen and oxygen atoms in total. The van der Waals surface area contributed by atoms with Gasteiger partial charge in [0, 0.05) is 25.7 Å². The van der Waals surface area contributed by atoms with Crippen molar-refractivity contribution in [1.29, 1.82) is 0 Å². The van der Waals surface area contributed by atoms with Gasteiger partial charge in [-0.2, -0.15) is 0 Å². The van der Waals surface area contributed by atoms with Crippen LogP contribution in [0.5, 0.6) is 0 Å². The number of esters is 4. The van der Waals surface area contributed by atoms with Gasteiger partial charge in [0.05, 0.1) is 26.4 Å². The van der Waals surface area contributed by atoms with E-state index in [1.165, 1.54) is 141 Å². The SMILES string of the molecule is CCCCCCCCCCCCC(=O)OC[C@H](COP(=O)(O)OC[C@H](O)COP(=O)(O)OC[C@@H](COC(=O)CCCCCCCCCCCC(C)C)OC(=O)CCCCCCCCCCCCC(C)C)OC(=O)CCCCCCCCCCC(C)C. The molecule has 0 aromatic carbocycles. The van der Waals surface area contributed by atoms with E-state index >= 15 is 0 Å². The molecule has 0 fully saturated rings. The topological polar surface area (TPSA) is 237 Å². The zero-order valence-electron chi connectivity index (χ0n) is 55.8. The average Bonchev–Trinajstić information content (AvgIpc) is 3.67. The third-order valence-corrected chi connectivity index (χ3v) is 17.3.